The molecule has 0 fully saturated rings. The second kappa shape index (κ2) is 8.55. The van der Waals surface area contributed by atoms with Gasteiger partial charge < -0.3 is 5.32 Å². The van der Waals surface area contributed by atoms with Crippen molar-refractivity contribution < 1.29 is 0 Å². The second-order valence-electron chi connectivity index (χ2n) is 4.34. The summed E-state index contributed by atoms with van der Waals surface area (Å²) in [6.07, 6.45) is 6.84. The molecule has 0 saturated heterocycles. The average molecular weight is 185 g/mol. The first-order valence-corrected chi connectivity index (χ1v) is 5.89. The van der Waals surface area contributed by atoms with Crippen molar-refractivity contribution in [3.63, 3.8) is 0 Å². The maximum absolute atomic E-state index is 3.30. The third-order valence-corrected chi connectivity index (χ3v) is 2.71. The van der Waals surface area contributed by atoms with Crippen molar-refractivity contribution >= 4 is 0 Å². The molecule has 0 aromatic heterocycles. The van der Waals surface area contributed by atoms with Gasteiger partial charge in [-0.3, -0.25) is 0 Å². The maximum atomic E-state index is 3.30. The van der Waals surface area contributed by atoms with Crippen LogP contribution in [0.4, 0.5) is 0 Å². The third kappa shape index (κ3) is 7.06. The van der Waals surface area contributed by atoms with Crippen molar-refractivity contribution in [1.82, 2.24) is 5.32 Å². The molecular weight excluding hydrogens is 158 g/mol. The normalized spacial score (nSPS) is 15.7. The van der Waals surface area contributed by atoms with Crippen molar-refractivity contribution in [2.24, 2.45) is 11.8 Å². The van der Waals surface area contributed by atoms with Crippen LogP contribution in [0.5, 0.6) is 0 Å². The van der Waals surface area contributed by atoms with Gasteiger partial charge in [-0.1, -0.05) is 40.0 Å². The minimum atomic E-state index is 0.900. The Balaban J connectivity index is 3.64. The molecule has 0 bridgehead atoms. The van der Waals surface area contributed by atoms with Gasteiger partial charge in [-0.25, -0.2) is 0 Å². The van der Waals surface area contributed by atoms with E-state index in [9.17, 15) is 0 Å². The van der Waals surface area contributed by atoms with Gasteiger partial charge in [0.25, 0.3) is 0 Å². The van der Waals surface area contributed by atoms with Crippen molar-refractivity contribution in [2.45, 2.75) is 52.9 Å². The van der Waals surface area contributed by atoms with E-state index in [1.54, 1.807) is 0 Å². The molecule has 13 heavy (non-hydrogen) atoms. The van der Waals surface area contributed by atoms with Gasteiger partial charge in [0.05, 0.1) is 0 Å². The molecule has 0 aromatic rings. The monoisotopic (exact) mass is 185 g/mol. The molecule has 1 N–H and O–H groups in total. The van der Waals surface area contributed by atoms with Gasteiger partial charge in [0.1, 0.15) is 0 Å². The molecule has 0 radical (unpaired) electrons. The van der Waals surface area contributed by atoms with E-state index >= 15 is 0 Å². The fraction of sp³-hybridized carbons (Fsp3) is 1.00. The van der Waals surface area contributed by atoms with E-state index in [0.717, 1.165) is 11.8 Å². The number of nitrogens with one attached hydrogen (secondary N) is 1. The predicted octanol–water partition coefficient (Wildman–Crippen LogP) is 3.45. The van der Waals surface area contributed by atoms with Gasteiger partial charge in [0, 0.05) is 0 Å². The van der Waals surface area contributed by atoms with Crippen LogP contribution in [0.15, 0.2) is 0 Å². The molecule has 80 valence electrons. The van der Waals surface area contributed by atoms with Crippen molar-refractivity contribution in [1.29, 1.82) is 0 Å². The molecule has 2 unspecified atom stereocenters. The minimum absolute atomic E-state index is 0.900. The summed E-state index contributed by atoms with van der Waals surface area (Å²) in [4.78, 5) is 0. The first kappa shape index (κ1) is 13.0. The van der Waals surface area contributed by atoms with E-state index in [1.165, 1.54) is 38.6 Å². The van der Waals surface area contributed by atoms with E-state index in [-0.39, 0.29) is 0 Å². The van der Waals surface area contributed by atoms with Crippen LogP contribution in [-0.2, 0) is 0 Å². The number of hydrogen-bond acceptors (Lipinski definition) is 1. The van der Waals surface area contributed by atoms with Crippen LogP contribution in [0.2, 0.25) is 0 Å². The lowest BCUT2D eigenvalue weighted by atomic mass is 9.90. The highest BCUT2D eigenvalue weighted by molar-refractivity contribution is 4.65. The fourth-order valence-corrected chi connectivity index (χ4v) is 2.18. The molecule has 0 spiro atoms. The number of hydrogen-bond donors (Lipinski definition) is 1. The maximum Gasteiger partial charge on any atom is -0.00234 e. The van der Waals surface area contributed by atoms with Crippen molar-refractivity contribution in [2.75, 3.05) is 13.6 Å². The summed E-state index contributed by atoms with van der Waals surface area (Å²) >= 11 is 0. The Bertz CT molecular complexity index is 95.3. The topological polar surface area (TPSA) is 12.0 Å². The molecule has 0 rings (SSSR count). The van der Waals surface area contributed by atoms with Gasteiger partial charge in [-0.2, -0.15) is 0 Å². The summed E-state index contributed by atoms with van der Waals surface area (Å²) in [6.45, 7) is 8.15. The summed E-state index contributed by atoms with van der Waals surface area (Å²) in [6, 6.07) is 0. The number of rotatable bonds is 8. The van der Waals surface area contributed by atoms with Crippen LogP contribution in [0.25, 0.3) is 0 Å². The summed E-state index contributed by atoms with van der Waals surface area (Å²) in [7, 11) is 2.06. The lowest BCUT2D eigenvalue weighted by Crippen LogP contribution is -2.20. The molecule has 0 aliphatic heterocycles. The van der Waals surface area contributed by atoms with E-state index in [4.69, 9.17) is 0 Å². The Labute approximate surface area is 84.3 Å². The standard InChI is InChI=1S/C12H27N/c1-5-7-11(3)9-12(8-6-2)10-13-4/h11-13H,5-10H2,1-4H3. The summed E-state index contributed by atoms with van der Waals surface area (Å²) in [5, 5.41) is 3.30. The van der Waals surface area contributed by atoms with Gasteiger partial charge in [0.15, 0.2) is 0 Å². The largest absolute Gasteiger partial charge is 0.319 e. The van der Waals surface area contributed by atoms with E-state index in [0.29, 0.717) is 0 Å². The Morgan fingerprint density at radius 2 is 1.69 bits per heavy atom. The van der Waals surface area contributed by atoms with Gasteiger partial charge in [-0.05, 0) is 38.3 Å². The van der Waals surface area contributed by atoms with Crippen LogP contribution in [0.3, 0.4) is 0 Å². The molecule has 1 nitrogen and oxygen atoms in total. The predicted molar refractivity (Wildman–Crippen MR) is 61.0 cm³/mol. The summed E-state index contributed by atoms with van der Waals surface area (Å²) < 4.78 is 0. The highest BCUT2D eigenvalue weighted by Crippen LogP contribution is 2.20. The molecule has 0 aliphatic rings. The molecule has 0 heterocycles. The van der Waals surface area contributed by atoms with Gasteiger partial charge >= 0.3 is 0 Å². The van der Waals surface area contributed by atoms with Crippen LogP contribution in [-0.4, -0.2) is 13.6 Å². The zero-order valence-electron chi connectivity index (χ0n) is 9.90. The first-order valence-electron chi connectivity index (χ1n) is 5.89. The molecular formula is C12H27N. The Morgan fingerprint density at radius 3 is 2.15 bits per heavy atom. The quantitative estimate of drug-likeness (QED) is 0.611. The Kier molecular flexibility index (Phi) is 8.53. The van der Waals surface area contributed by atoms with E-state index < -0.39 is 0 Å². The molecule has 0 aliphatic carbocycles. The fourth-order valence-electron chi connectivity index (χ4n) is 2.18. The third-order valence-electron chi connectivity index (χ3n) is 2.71. The van der Waals surface area contributed by atoms with E-state index in [2.05, 4.69) is 33.1 Å². The average Bonchev–Trinajstić information content (AvgIpc) is 2.05. The zero-order chi connectivity index (χ0) is 10.1. The zero-order valence-corrected chi connectivity index (χ0v) is 9.90. The van der Waals surface area contributed by atoms with Crippen LogP contribution < -0.4 is 5.32 Å². The first-order chi connectivity index (χ1) is 6.24. The molecule has 0 amide bonds. The molecule has 2 atom stereocenters. The smallest absolute Gasteiger partial charge is 0.00234 e. The van der Waals surface area contributed by atoms with Crippen molar-refractivity contribution in [3.05, 3.63) is 0 Å². The lowest BCUT2D eigenvalue weighted by molar-refractivity contribution is 0.343. The summed E-state index contributed by atoms with van der Waals surface area (Å²) in [5.74, 6) is 1.81. The minimum Gasteiger partial charge on any atom is -0.319 e. The summed E-state index contributed by atoms with van der Waals surface area (Å²) in [5.41, 5.74) is 0. The highest BCUT2D eigenvalue weighted by Gasteiger charge is 2.10. The second-order valence-corrected chi connectivity index (χ2v) is 4.34. The van der Waals surface area contributed by atoms with E-state index in [1.807, 2.05) is 0 Å². The molecule has 1 heteroatoms. The van der Waals surface area contributed by atoms with Gasteiger partial charge in [-0.15, -0.1) is 0 Å². The van der Waals surface area contributed by atoms with Crippen molar-refractivity contribution in [3.8, 4) is 0 Å². The van der Waals surface area contributed by atoms with Crippen LogP contribution >= 0.6 is 0 Å². The van der Waals surface area contributed by atoms with Crippen LogP contribution in [0.1, 0.15) is 52.9 Å². The van der Waals surface area contributed by atoms with Crippen LogP contribution in [0, 0.1) is 11.8 Å². The lowest BCUT2D eigenvalue weighted by Gasteiger charge is -2.19. The van der Waals surface area contributed by atoms with Gasteiger partial charge in [0.2, 0.25) is 0 Å². The Hall–Kier alpha value is -0.0400. The molecule has 0 aromatic carbocycles. The Morgan fingerprint density at radius 1 is 1.08 bits per heavy atom. The molecule has 0 saturated carbocycles. The highest BCUT2D eigenvalue weighted by atomic mass is 14.8. The SMILES string of the molecule is CCCC(C)CC(CCC)CNC.